The molecule has 2 rings (SSSR count). The van der Waals surface area contributed by atoms with Crippen LogP contribution in [0.4, 0.5) is 5.69 Å². The maximum atomic E-state index is 11.9. The van der Waals surface area contributed by atoms with Gasteiger partial charge in [-0.05, 0) is 30.7 Å². The van der Waals surface area contributed by atoms with Crippen molar-refractivity contribution in [1.29, 1.82) is 0 Å². The first-order valence-electron chi connectivity index (χ1n) is 7.04. The lowest BCUT2D eigenvalue weighted by atomic mass is 10.1. The number of benzene rings is 2. The second-order valence-corrected chi connectivity index (χ2v) is 5.44. The first-order valence-corrected chi connectivity index (χ1v) is 7.41. The molecule has 23 heavy (non-hydrogen) atoms. The molecule has 1 atom stereocenters. The Kier molecular flexibility index (Phi) is 5.60. The number of ether oxygens (including phenoxy) is 1. The average molecular weight is 333 g/mol. The molecule has 0 aliphatic rings. The Morgan fingerprint density at radius 2 is 1.91 bits per heavy atom. The van der Waals surface area contributed by atoms with Gasteiger partial charge in [-0.1, -0.05) is 41.9 Å². The zero-order chi connectivity index (χ0) is 16.8. The minimum Gasteiger partial charge on any atom is -0.452 e. The number of nitrogen functional groups attached to an aromatic ring is 1. The van der Waals surface area contributed by atoms with Gasteiger partial charge in [0, 0.05) is 10.7 Å². The van der Waals surface area contributed by atoms with E-state index in [-0.39, 0.29) is 29.8 Å². The van der Waals surface area contributed by atoms with E-state index in [1.807, 2.05) is 37.3 Å². The number of rotatable bonds is 5. The molecule has 0 aromatic heterocycles. The van der Waals surface area contributed by atoms with Crippen LogP contribution in [0.5, 0.6) is 0 Å². The Balaban J connectivity index is 1.88. The minimum absolute atomic E-state index is 0.178. The van der Waals surface area contributed by atoms with Gasteiger partial charge in [0.15, 0.2) is 6.61 Å². The highest BCUT2D eigenvalue weighted by molar-refractivity contribution is 6.31. The third-order valence-electron chi connectivity index (χ3n) is 3.24. The predicted molar refractivity (Wildman–Crippen MR) is 89.1 cm³/mol. The molecule has 0 unspecified atom stereocenters. The number of nitrogens with two attached hydrogens (primary N) is 1. The molecule has 0 bridgehead atoms. The normalized spacial score (nSPS) is 11.6. The third-order valence-corrected chi connectivity index (χ3v) is 3.48. The Morgan fingerprint density at radius 1 is 1.22 bits per heavy atom. The van der Waals surface area contributed by atoms with E-state index in [9.17, 15) is 9.59 Å². The SMILES string of the molecule is C[C@@H](NC(=O)COC(=O)c1ccc(Cl)cc1N)c1ccccc1. The lowest BCUT2D eigenvalue weighted by Crippen LogP contribution is -2.31. The lowest BCUT2D eigenvalue weighted by molar-refractivity contribution is -0.124. The van der Waals surface area contributed by atoms with Crippen LogP contribution < -0.4 is 11.1 Å². The second-order valence-electron chi connectivity index (χ2n) is 5.01. The molecule has 0 heterocycles. The molecule has 5 nitrogen and oxygen atoms in total. The topological polar surface area (TPSA) is 81.4 Å². The van der Waals surface area contributed by atoms with Crippen LogP contribution in [0.25, 0.3) is 0 Å². The van der Waals surface area contributed by atoms with E-state index in [0.29, 0.717) is 5.02 Å². The quantitative estimate of drug-likeness (QED) is 0.651. The number of halogens is 1. The first-order chi connectivity index (χ1) is 11.0. The standard InChI is InChI=1S/C17H17ClN2O3/c1-11(12-5-3-2-4-6-12)20-16(21)10-23-17(22)14-8-7-13(18)9-15(14)19/h2-9,11H,10,19H2,1H3,(H,20,21)/t11-/m1/s1. The summed E-state index contributed by atoms with van der Waals surface area (Å²) in [5.41, 5.74) is 7.05. The van der Waals surface area contributed by atoms with Gasteiger partial charge < -0.3 is 15.8 Å². The maximum Gasteiger partial charge on any atom is 0.340 e. The van der Waals surface area contributed by atoms with Crippen molar-refractivity contribution in [2.24, 2.45) is 0 Å². The van der Waals surface area contributed by atoms with Gasteiger partial charge in [-0.15, -0.1) is 0 Å². The smallest absolute Gasteiger partial charge is 0.340 e. The fourth-order valence-corrected chi connectivity index (χ4v) is 2.22. The number of nitrogens with one attached hydrogen (secondary N) is 1. The van der Waals surface area contributed by atoms with Gasteiger partial charge in [0.05, 0.1) is 11.6 Å². The van der Waals surface area contributed by atoms with Crippen molar-refractivity contribution in [3.8, 4) is 0 Å². The summed E-state index contributed by atoms with van der Waals surface area (Å²) >= 11 is 5.77. The molecule has 2 aromatic carbocycles. The van der Waals surface area contributed by atoms with Crippen molar-refractivity contribution < 1.29 is 14.3 Å². The molecule has 0 spiro atoms. The van der Waals surface area contributed by atoms with Crippen LogP contribution in [-0.4, -0.2) is 18.5 Å². The summed E-state index contributed by atoms with van der Waals surface area (Å²) in [4.78, 5) is 23.8. The molecule has 0 aliphatic heterocycles. The predicted octanol–water partition coefficient (Wildman–Crippen LogP) is 2.96. The summed E-state index contributed by atoms with van der Waals surface area (Å²) in [5, 5.41) is 3.18. The number of carbonyl (C=O) groups is 2. The van der Waals surface area contributed by atoms with Crippen molar-refractivity contribution in [2.75, 3.05) is 12.3 Å². The Hall–Kier alpha value is -2.53. The Morgan fingerprint density at radius 3 is 2.57 bits per heavy atom. The Labute approximate surface area is 139 Å². The maximum absolute atomic E-state index is 11.9. The second kappa shape index (κ2) is 7.65. The van der Waals surface area contributed by atoms with Gasteiger partial charge in [0.1, 0.15) is 0 Å². The van der Waals surface area contributed by atoms with Crippen LogP contribution in [0.3, 0.4) is 0 Å². The molecule has 120 valence electrons. The van der Waals surface area contributed by atoms with Gasteiger partial charge in [0.2, 0.25) is 0 Å². The molecule has 2 aromatic rings. The molecule has 1 amide bonds. The summed E-state index contributed by atoms with van der Waals surface area (Å²) in [6.45, 7) is 1.48. The van der Waals surface area contributed by atoms with Crippen molar-refractivity contribution in [1.82, 2.24) is 5.32 Å². The van der Waals surface area contributed by atoms with Crippen LogP contribution in [0.15, 0.2) is 48.5 Å². The summed E-state index contributed by atoms with van der Waals surface area (Å²) in [6.07, 6.45) is 0. The van der Waals surface area contributed by atoms with Crippen molar-refractivity contribution in [2.45, 2.75) is 13.0 Å². The molecular formula is C17H17ClN2O3. The molecule has 0 saturated heterocycles. The van der Waals surface area contributed by atoms with E-state index >= 15 is 0 Å². The third kappa shape index (κ3) is 4.72. The highest BCUT2D eigenvalue weighted by Gasteiger charge is 2.15. The minimum atomic E-state index is -0.665. The number of carbonyl (C=O) groups excluding carboxylic acids is 2. The van der Waals surface area contributed by atoms with Crippen molar-refractivity contribution in [3.05, 3.63) is 64.7 Å². The van der Waals surface area contributed by atoms with Gasteiger partial charge in [0.25, 0.3) is 5.91 Å². The number of amides is 1. The van der Waals surface area contributed by atoms with E-state index in [1.165, 1.54) is 18.2 Å². The average Bonchev–Trinajstić information content (AvgIpc) is 2.53. The van der Waals surface area contributed by atoms with Gasteiger partial charge >= 0.3 is 5.97 Å². The zero-order valence-electron chi connectivity index (χ0n) is 12.6. The van der Waals surface area contributed by atoms with E-state index in [4.69, 9.17) is 22.1 Å². The van der Waals surface area contributed by atoms with Crippen molar-refractivity contribution >= 4 is 29.2 Å². The summed E-state index contributed by atoms with van der Waals surface area (Å²) in [6, 6.07) is 13.8. The lowest BCUT2D eigenvalue weighted by Gasteiger charge is -2.14. The molecule has 0 aliphatic carbocycles. The number of hydrogen-bond donors (Lipinski definition) is 2. The van der Waals surface area contributed by atoms with E-state index in [0.717, 1.165) is 5.56 Å². The van der Waals surface area contributed by atoms with Crippen LogP contribution in [0.2, 0.25) is 5.02 Å². The Bertz CT molecular complexity index is 704. The molecule has 0 saturated carbocycles. The van der Waals surface area contributed by atoms with Crippen LogP contribution in [0, 0.1) is 0 Å². The van der Waals surface area contributed by atoms with Gasteiger partial charge in [-0.3, -0.25) is 4.79 Å². The van der Waals surface area contributed by atoms with Crippen LogP contribution in [0.1, 0.15) is 28.9 Å². The van der Waals surface area contributed by atoms with E-state index < -0.39 is 5.97 Å². The molecule has 0 fully saturated rings. The summed E-state index contributed by atoms with van der Waals surface area (Å²) < 4.78 is 4.97. The number of esters is 1. The zero-order valence-corrected chi connectivity index (χ0v) is 13.3. The highest BCUT2D eigenvalue weighted by atomic mass is 35.5. The van der Waals surface area contributed by atoms with Gasteiger partial charge in [-0.2, -0.15) is 0 Å². The largest absolute Gasteiger partial charge is 0.452 e. The van der Waals surface area contributed by atoms with Gasteiger partial charge in [-0.25, -0.2) is 4.79 Å². The fraction of sp³-hybridized carbons (Fsp3) is 0.176. The van der Waals surface area contributed by atoms with Crippen molar-refractivity contribution in [3.63, 3.8) is 0 Å². The molecule has 3 N–H and O–H groups in total. The van der Waals surface area contributed by atoms with Crippen LogP contribution >= 0.6 is 11.6 Å². The monoisotopic (exact) mass is 332 g/mol. The first kappa shape index (κ1) is 16.8. The number of hydrogen-bond acceptors (Lipinski definition) is 4. The number of anilines is 1. The summed E-state index contributed by atoms with van der Waals surface area (Å²) in [7, 11) is 0. The van der Waals surface area contributed by atoms with E-state index in [1.54, 1.807) is 0 Å². The molecule has 0 radical (unpaired) electrons. The molecular weight excluding hydrogens is 316 g/mol. The van der Waals surface area contributed by atoms with Crippen LogP contribution in [-0.2, 0) is 9.53 Å². The summed E-state index contributed by atoms with van der Waals surface area (Å²) in [5.74, 6) is -1.05. The molecule has 6 heteroatoms. The fourth-order valence-electron chi connectivity index (χ4n) is 2.04. The highest BCUT2D eigenvalue weighted by Crippen LogP contribution is 2.18. The van der Waals surface area contributed by atoms with E-state index in [2.05, 4.69) is 5.32 Å².